The number of amides is 2. The van der Waals surface area contributed by atoms with Gasteiger partial charge in [-0.1, -0.05) is 30.3 Å². The molecule has 5 heteroatoms. The lowest BCUT2D eigenvalue weighted by molar-refractivity contribution is -0.140. The van der Waals surface area contributed by atoms with E-state index in [1.54, 1.807) is 6.92 Å². The van der Waals surface area contributed by atoms with Gasteiger partial charge in [-0.3, -0.25) is 9.59 Å². The number of hydrogen-bond acceptors (Lipinski definition) is 3. The fourth-order valence-corrected chi connectivity index (χ4v) is 1.76. The lowest BCUT2D eigenvalue weighted by Crippen LogP contribution is -2.44. The van der Waals surface area contributed by atoms with Gasteiger partial charge in [-0.05, 0) is 12.5 Å². The van der Waals surface area contributed by atoms with E-state index < -0.39 is 11.5 Å². The number of carbonyl (C=O) groups excluding carboxylic acids is 2. The standard InChI is InChI=1S/C13H16N2O3/c1-13(9-18-13)12(17)15(8-11(14)16)7-10-5-3-2-4-6-10/h2-6H,7-9H2,1H3,(H2,14,16). The van der Waals surface area contributed by atoms with Crippen molar-refractivity contribution >= 4 is 11.8 Å². The molecule has 1 fully saturated rings. The highest BCUT2D eigenvalue weighted by atomic mass is 16.6. The molecule has 1 unspecified atom stereocenters. The topological polar surface area (TPSA) is 75.9 Å². The maximum Gasteiger partial charge on any atom is 0.257 e. The van der Waals surface area contributed by atoms with Crippen LogP contribution in [0.2, 0.25) is 0 Å². The Balaban J connectivity index is 2.10. The number of nitrogens with two attached hydrogens (primary N) is 1. The van der Waals surface area contributed by atoms with Crippen molar-refractivity contribution in [2.75, 3.05) is 13.2 Å². The monoisotopic (exact) mass is 248 g/mol. The third-order valence-electron chi connectivity index (χ3n) is 2.88. The molecule has 1 saturated heterocycles. The zero-order valence-electron chi connectivity index (χ0n) is 10.3. The minimum Gasteiger partial charge on any atom is -0.368 e. The van der Waals surface area contributed by atoms with Crippen LogP contribution in [-0.2, 0) is 20.9 Å². The summed E-state index contributed by atoms with van der Waals surface area (Å²) in [4.78, 5) is 24.6. The summed E-state index contributed by atoms with van der Waals surface area (Å²) >= 11 is 0. The number of rotatable bonds is 5. The van der Waals surface area contributed by atoms with Gasteiger partial charge in [0.05, 0.1) is 13.2 Å². The van der Waals surface area contributed by atoms with Gasteiger partial charge in [0.1, 0.15) is 0 Å². The number of carbonyl (C=O) groups is 2. The van der Waals surface area contributed by atoms with Gasteiger partial charge in [0, 0.05) is 6.54 Å². The van der Waals surface area contributed by atoms with Gasteiger partial charge in [-0.2, -0.15) is 0 Å². The van der Waals surface area contributed by atoms with E-state index in [0.29, 0.717) is 13.2 Å². The quantitative estimate of drug-likeness (QED) is 0.761. The van der Waals surface area contributed by atoms with Crippen LogP contribution in [-0.4, -0.2) is 35.5 Å². The van der Waals surface area contributed by atoms with Crippen LogP contribution in [0.4, 0.5) is 0 Å². The molecule has 1 aliphatic rings. The molecule has 0 radical (unpaired) electrons. The van der Waals surface area contributed by atoms with Crippen LogP contribution in [0.3, 0.4) is 0 Å². The Morgan fingerprint density at radius 1 is 1.39 bits per heavy atom. The molecule has 1 atom stereocenters. The smallest absolute Gasteiger partial charge is 0.257 e. The Morgan fingerprint density at radius 2 is 2.00 bits per heavy atom. The van der Waals surface area contributed by atoms with Crippen molar-refractivity contribution in [3.63, 3.8) is 0 Å². The molecule has 96 valence electrons. The van der Waals surface area contributed by atoms with Gasteiger partial charge < -0.3 is 15.4 Å². The summed E-state index contributed by atoms with van der Waals surface area (Å²) in [5.74, 6) is -0.714. The van der Waals surface area contributed by atoms with E-state index >= 15 is 0 Å². The molecule has 5 nitrogen and oxygen atoms in total. The molecule has 1 aromatic rings. The number of primary amides is 1. The molecule has 0 aromatic heterocycles. The Bertz CT molecular complexity index is 455. The molecule has 0 bridgehead atoms. The van der Waals surface area contributed by atoms with Crippen molar-refractivity contribution in [1.29, 1.82) is 0 Å². The van der Waals surface area contributed by atoms with E-state index in [9.17, 15) is 9.59 Å². The second-order valence-electron chi connectivity index (χ2n) is 4.63. The van der Waals surface area contributed by atoms with E-state index in [2.05, 4.69) is 0 Å². The molecule has 1 heterocycles. The van der Waals surface area contributed by atoms with E-state index in [1.165, 1.54) is 4.90 Å². The van der Waals surface area contributed by atoms with Gasteiger partial charge in [-0.25, -0.2) is 0 Å². The van der Waals surface area contributed by atoms with Crippen LogP contribution in [0.15, 0.2) is 30.3 Å². The molecule has 0 aliphatic carbocycles. The fourth-order valence-electron chi connectivity index (χ4n) is 1.76. The molecule has 0 spiro atoms. The predicted molar refractivity (Wildman–Crippen MR) is 65.4 cm³/mol. The highest BCUT2D eigenvalue weighted by Gasteiger charge is 2.49. The summed E-state index contributed by atoms with van der Waals surface area (Å²) in [6.45, 7) is 2.39. The number of benzene rings is 1. The molecule has 2 N–H and O–H groups in total. The van der Waals surface area contributed by atoms with Crippen LogP contribution < -0.4 is 5.73 Å². The second kappa shape index (κ2) is 4.78. The summed E-state index contributed by atoms with van der Waals surface area (Å²) in [7, 11) is 0. The van der Waals surface area contributed by atoms with Crippen LogP contribution in [0.1, 0.15) is 12.5 Å². The maximum absolute atomic E-state index is 12.2. The summed E-state index contributed by atoms with van der Waals surface area (Å²) in [6.07, 6.45) is 0. The lowest BCUT2D eigenvalue weighted by Gasteiger charge is -2.23. The van der Waals surface area contributed by atoms with E-state index in [1.807, 2.05) is 30.3 Å². The molecule has 1 aliphatic heterocycles. The van der Waals surface area contributed by atoms with Crippen molar-refractivity contribution in [2.24, 2.45) is 5.73 Å². The van der Waals surface area contributed by atoms with Crippen molar-refractivity contribution in [3.8, 4) is 0 Å². The average molecular weight is 248 g/mol. The summed E-state index contributed by atoms with van der Waals surface area (Å²) < 4.78 is 5.11. The van der Waals surface area contributed by atoms with Gasteiger partial charge in [0.2, 0.25) is 5.91 Å². The lowest BCUT2D eigenvalue weighted by atomic mass is 10.1. The van der Waals surface area contributed by atoms with Gasteiger partial charge in [0.15, 0.2) is 5.60 Å². The second-order valence-corrected chi connectivity index (χ2v) is 4.63. The van der Waals surface area contributed by atoms with Crippen molar-refractivity contribution in [2.45, 2.75) is 19.1 Å². The number of nitrogens with zero attached hydrogens (tertiary/aromatic N) is 1. The molecular formula is C13H16N2O3. The van der Waals surface area contributed by atoms with Crippen molar-refractivity contribution in [1.82, 2.24) is 4.90 Å². The van der Waals surface area contributed by atoms with Crippen LogP contribution in [0.25, 0.3) is 0 Å². The molecular weight excluding hydrogens is 232 g/mol. The summed E-state index contributed by atoms with van der Waals surface area (Å²) in [5, 5.41) is 0. The van der Waals surface area contributed by atoms with Gasteiger partial charge >= 0.3 is 0 Å². The van der Waals surface area contributed by atoms with Crippen LogP contribution >= 0.6 is 0 Å². The minimum atomic E-state index is -0.774. The third-order valence-corrected chi connectivity index (χ3v) is 2.88. The molecule has 1 aromatic carbocycles. The Morgan fingerprint density at radius 3 is 2.50 bits per heavy atom. The zero-order valence-corrected chi connectivity index (χ0v) is 10.3. The van der Waals surface area contributed by atoms with Crippen molar-refractivity contribution < 1.29 is 14.3 Å². The first-order valence-corrected chi connectivity index (χ1v) is 5.77. The first-order valence-electron chi connectivity index (χ1n) is 5.77. The fraction of sp³-hybridized carbons (Fsp3) is 0.385. The Hall–Kier alpha value is -1.88. The summed E-state index contributed by atoms with van der Waals surface area (Å²) in [5.41, 5.74) is 5.36. The molecule has 2 amide bonds. The largest absolute Gasteiger partial charge is 0.368 e. The molecule has 18 heavy (non-hydrogen) atoms. The van der Waals surface area contributed by atoms with Crippen LogP contribution in [0.5, 0.6) is 0 Å². The first-order chi connectivity index (χ1) is 8.51. The zero-order chi connectivity index (χ0) is 13.2. The number of epoxide rings is 1. The highest BCUT2D eigenvalue weighted by molar-refractivity contribution is 5.90. The SMILES string of the molecule is CC1(C(=O)N(CC(N)=O)Cc2ccccc2)CO1. The summed E-state index contributed by atoms with van der Waals surface area (Å²) in [6, 6.07) is 9.47. The number of ether oxygens (including phenoxy) is 1. The normalized spacial score (nSPS) is 21.4. The van der Waals surface area contributed by atoms with E-state index in [4.69, 9.17) is 10.5 Å². The van der Waals surface area contributed by atoms with E-state index in [-0.39, 0.29) is 12.5 Å². The third kappa shape index (κ3) is 2.87. The highest BCUT2D eigenvalue weighted by Crippen LogP contribution is 2.28. The van der Waals surface area contributed by atoms with Crippen molar-refractivity contribution in [3.05, 3.63) is 35.9 Å². The first kappa shape index (κ1) is 12.6. The maximum atomic E-state index is 12.2. The Kier molecular flexibility index (Phi) is 3.34. The molecule has 0 saturated carbocycles. The van der Waals surface area contributed by atoms with Crippen LogP contribution in [0, 0.1) is 0 Å². The van der Waals surface area contributed by atoms with Gasteiger partial charge in [-0.15, -0.1) is 0 Å². The number of hydrogen-bond donors (Lipinski definition) is 1. The molecule has 2 rings (SSSR count). The minimum absolute atomic E-state index is 0.0906. The average Bonchev–Trinajstić information content (AvgIpc) is 3.08. The predicted octanol–water partition coefficient (Wildman–Crippen LogP) is 0.289. The Labute approximate surface area is 106 Å². The van der Waals surface area contributed by atoms with Gasteiger partial charge in [0.25, 0.3) is 5.91 Å². The van der Waals surface area contributed by atoms with E-state index in [0.717, 1.165) is 5.56 Å².